The molecule has 24 heavy (non-hydrogen) atoms. The summed E-state index contributed by atoms with van der Waals surface area (Å²) in [6, 6.07) is 4.55. The lowest BCUT2D eigenvalue weighted by Gasteiger charge is -2.15. The van der Waals surface area contributed by atoms with Crippen LogP contribution in [0.15, 0.2) is 29.4 Å². The van der Waals surface area contributed by atoms with Crippen LogP contribution < -0.4 is 4.74 Å². The molecule has 0 aliphatic carbocycles. The number of hydrogen-bond donors (Lipinski definition) is 0. The number of benzene rings is 1. The fourth-order valence-electron chi connectivity index (χ4n) is 1.62. The van der Waals surface area contributed by atoms with Crippen molar-refractivity contribution in [3.63, 3.8) is 0 Å². The van der Waals surface area contributed by atoms with Gasteiger partial charge in [-0.2, -0.15) is 18.3 Å². The summed E-state index contributed by atoms with van der Waals surface area (Å²) in [6.45, 7) is 2.46. The van der Waals surface area contributed by atoms with Gasteiger partial charge in [0.2, 0.25) is 0 Å². The zero-order valence-corrected chi connectivity index (χ0v) is 13.4. The van der Waals surface area contributed by atoms with Crippen molar-refractivity contribution in [2.75, 3.05) is 20.3 Å². The Morgan fingerprint density at radius 3 is 2.46 bits per heavy atom. The number of hydrazone groups is 1. The molecule has 0 radical (unpaired) electrons. The molecule has 0 bridgehead atoms. The minimum Gasteiger partial charge on any atom is -0.483 e. The molecule has 0 unspecified atom stereocenters. The highest BCUT2D eigenvalue weighted by Gasteiger charge is 2.34. The molecular weight excluding hydrogens is 329 g/mol. The molecular formula is C15H17F3N2O4. The number of para-hydroxylation sites is 1. The van der Waals surface area contributed by atoms with E-state index in [0.717, 1.165) is 17.1 Å². The number of esters is 1. The first kappa shape index (κ1) is 19.5. The molecule has 1 amide bonds. The number of carbonyl (C=O) groups excluding carboxylic acids is 2. The zero-order chi connectivity index (χ0) is 18.3. The second-order valence-corrected chi connectivity index (χ2v) is 4.61. The number of carbonyl (C=O) groups is 2. The Hall–Kier alpha value is -2.58. The molecule has 0 aliphatic rings. The van der Waals surface area contributed by atoms with Gasteiger partial charge in [-0.15, -0.1) is 0 Å². The number of amides is 1. The highest BCUT2D eigenvalue weighted by molar-refractivity contribution is 6.35. The van der Waals surface area contributed by atoms with Crippen molar-refractivity contribution in [3.8, 4) is 5.75 Å². The molecule has 1 aromatic rings. The number of alkyl halides is 3. The molecule has 0 saturated carbocycles. The number of nitrogens with zero attached hydrogens (tertiary/aromatic N) is 2. The van der Waals surface area contributed by atoms with Gasteiger partial charge in [-0.1, -0.05) is 12.1 Å². The van der Waals surface area contributed by atoms with Crippen molar-refractivity contribution in [3.05, 3.63) is 29.8 Å². The normalized spacial score (nSPS) is 11.8. The molecule has 0 fully saturated rings. The van der Waals surface area contributed by atoms with Gasteiger partial charge in [0.1, 0.15) is 11.5 Å². The molecule has 6 nitrogen and oxygen atoms in total. The largest absolute Gasteiger partial charge is 0.483 e. The van der Waals surface area contributed by atoms with Gasteiger partial charge in [-0.25, -0.2) is 9.80 Å². The number of likely N-dealkylation sites (N-methyl/N-ethyl adjacent to an activating group) is 1. The first-order chi connectivity index (χ1) is 11.2. The van der Waals surface area contributed by atoms with E-state index in [1.807, 2.05) is 0 Å². The first-order valence-corrected chi connectivity index (χ1v) is 6.94. The molecule has 0 aromatic heterocycles. The Morgan fingerprint density at radius 2 is 1.88 bits per heavy atom. The van der Waals surface area contributed by atoms with Gasteiger partial charge in [0.15, 0.2) is 6.61 Å². The van der Waals surface area contributed by atoms with Crippen molar-refractivity contribution < 1.29 is 32.2 Å². The second kappa shape index (κ2) is 8.32. The highest BCUT2D eigenvalue weighted by atomic mass is 19.4. The van der Waals surface area contributed by atoms with Crippen molar-refractivity contribution in [1.29, 1.82) is 0 Å². The van der Waals surface area contributed by atoms with E-state index in [1.165, 1.54) is 26.1 Å². The molecule has 1 rings (SSSR count). The molecule has 0 spiro atoms. The van der Waals surface area contributed by atoms with E-state index in [9.17, 15) is 22.8 Å². The van der Waals surface area contributed by atoms with Crippen LogP contribution >= 0.6 is 0 Å². The van der Waals surface area contributed by atoms with E-state index >= 15 is 0 Å². The van der Waals surface area contributed by atoms with Gasteiger partial charge in [0.25, 0.3) is 5.91 Å². The Kier molecular flexibility index (Phi) is 6.75. The Balaban J connectivity index is 2.73. The average molecular weight is 346 g/mol. The van der Waals surface area contributed by atoms with E-state index in [4.69, 9.17) is 9.47 Å². The lowest BCUT2D eigenvalue weighted by Crippen LogP contribution is -2.30. The van der Waals surface area contributed by atoms with Crippen molar-refractivity contribution >= 4 is 17.6 Å². The van der Waals surface area contributed by atoms with E-state index in [1.54, 1.807) is 6.92 Å². The summed E-state index contributed by atoms with van der Waals surface area (Å²) in [4.78, 5) is 23.2. The molecule has 0 saturated heterocycles. The fraction of sp³-hybridized carbons (Fsp3) is 0.400. The lowest BCUT2D eigenvalue weighted by atomic mass is 10.2. The Morgan fingerprint density at radius 1 is 1.25 bits per heavy atom. The standard InChI is InChI=1S/C15H17F3N2O4/c1-4-23-14(22)10(2)19-20(3)13(21)9-24-12-8-6-5-7-11(12)15(16,17)18/h5-8H,4,9H2,1-3H3/b19-10-. The van der Waals surface area contributed by atoms with Crippen LogP contribution in [0, 0.1) is 0 Å². The predicted molar refractivity (Wildman–Crippen MR) is 79.5 cm³/mol. The summed E-state index contributed by atoms with van der Waals surface area (Å²) in [7, 11) is 1.25. The monoisotopic (exact) mass is 346 g/mol. The molecule has 0 aliphatic heterocycles. The van der Waals surface area contributed by atoms with Crippen LogP contribution in [0.2, 0.25) is 0 Å². The number of rotatable bonds is 6. The summed E-state index contributed by atoms with van der Waals surface area (Å²) in [5.41, 5.74) is -1.05. The van der Waals surface area contributed by atoms with Gasteiger partial charge in [0, 0.05) is 7.05 Å². The highest BCUT2D eigenvalue weighted by Crippen LogP contribution is 2.35. The Labute approximate surface area is 136 Å². The van der Waals surface area contributed by atoms with E-state index in [-0.39, 0.29) is 12.3 Å². The molecule has 132 valence electrons. The van der Waals surface area contributed by atoms with E-state index < -0.39 is 36.0 Å². The summed E-state index contributed by atoms with van der Waals surface area (Å²) >= 11 is 0. The SMILES string of the molecule is CCOC(=O)/C(C)=N\N(C)C(=O)COc1ccccc1C(F)(F)F. The van der Waals surface area contributed by atoms with E-state index in [0.29, 0.717) is 0 Å². The first-order valence-electron chi connectivity index (χ1n) is 6.94. The topological polar surface area (TPSA) is 68.2 Å². The fourth-order valence-corrected chi connectivity index (χ4v) is 1.62. The third-order valence-corrected chi connectivity index (χ3v) is 2.78. The quantitative estimate of drug-likeness (QED) is 0.451. The van der Waals surface area contributed by atoms with Crippen molar-refractivity contribution in [2.45, 2.75) is 20.0 Å². The zero-order valence-electron chi connectivity index (χ0n) is 13.4. The van der Waals surface area contributed by atoms with Crippen LogP contribution in [0.3, 0.4) is 0 Å². The molecule has 0 atom stereocenters. The maximum absolute atomic E-state index is 12.8. The summed E-state index contributed by atoms with van der Waals surface area (Å²) in [5, 5.41) is 4.51. The number of hydrogen-bond acceptors (Lipinski definition) is 5. The molecule has 0 heterocycles. The van der Waals surface area contributed by atoms with E-state index in [2.05, 4.69) is 5.10 Å². The van der Waals surface area contributed by atoms with Gasteiger partial charge in [0.05, 0.1) is 12.2 Å². The summed E-state index contributed by atoms with van der Waals surface area (Å²) in [6.07, 6.45) is -4.59. The van der Waals surface area contributed by atoms with Gasteiger partial charge < -0.3 is 9.47 Å². The van der Waals surface area contributed by atoms with Crippen LogP contribution in [0.1, 0.15) is 19.4 Å². The number of halogens is 3. The Bertz CT molecular complexity index is 629. The van der Waals surface area contributed by atoms with Crippen LogP contribution in [-0.2, 0) is 20.5 Å². The molecule has 1 aromatic carbocycles. The van der Waals surface area contributed by atoms with Crippen LogP contribution in [-0.4, -0.2) is 42.9 Å². The minimum atomic E-state index is -4.59. The van der Waals surface area contributed by atoms with Gasteiger partial charge in [-0.3, -0.25) is 4.79 Å². The van der Waals surface area contributed by atoms with Crippen LogP contribution in [0.5, 0.6) is 5.75 Å². The summed E-state index contributed by atoms with van der Waals surface area (Å²) < 4.78 is 48.1. The maximum atomic E-state index is 12.8. The lowest BCUT2D eigenvalue weighted by molar-refractivity contribution is -0.141. The van der Waals surface area contributed by atoms with Crippen LogP contribution in [0.25, 0.3) is 0 Å². The van der Waals surface area contributed by atoms with Gasteiger partial charge in [-0.05, 0) is 26.0 Å². The van der Waals surface area contributed by atoms with Crippen molar-refractivity contribution in [1.82, 2.24) is 5.01 Å². The van der Waals surface area contributed by atoms with Crippen molar-refractivity contribution in [2.24, 2.45) is 5.10 Å². The smallest absolute Gasteiger partial charge is 0.419 e. The minimum absolute atomic E-state index is 0.0663. The third kappa shape index (κ3) is 5.56. The maximum Gasteiger partial charge on any atom is 0.419 e. The number of ether oxygens (including phenoxy) is 2. The summed E-state index contributed by atoms with van der Waals surface area (Å²) in [5.74, 6) is -1.88. The third-order valence-electron chi connectivity index (χ3n) is 2.78. The predicted octanol–water partition coefficient (Wildman–Crippen LogP) is 2.48. The second-order valence-electron chi connectivity index (χ2n) is 4.61. The van der Waals surface area contributed by atoms with Crippen LogP contribution in [0.4, 0.5) is 13.2 Å². The molecule has 0 N–H and O–H groups in total. The average Bonchev–Trinajstić information content (AvgIpc) is 2.52. The van der Waals surface area contributed by atoms with Gasteiger partial charge >= 0.3 is 12.1 Å². The molecule has 9 heteroatoms.